The van der Waals surface area contributed by atoms with E-state index in [0.717, 1.165) is 44.7 Å². The molecule has 0 unspecified atom stereocenters. The lowest BCUT2D eigenvalue weighted by molar-refractivity contribution is 0.0955. The van der Waals surface area contributed by atoms with Crippen molar-refractivity contribution in [3.05, 3.63) is 120 Å². The second kappa shape index (κ2) is 10.3. The highest BCUT2D eigenvalue weighted by atomic mass is 16.5. The molecule has 1 aromatic heterocycles. The molecule has 0 fully saturated rings. The summed E-state index contributed by atoms with van der Waals surface area (Å²) in [6, 6.07) is 33.9. The Bertz CT molecular complexity index is 1530. The highest BCUT2D eigenvalue weighted by Gasteiger charge is 2.11. The molecule has 0 aliphatic rings. The predicted octanol–water partition coefficient (Wildman–Crippen LogP) is 6.77. The zero-order valence-corrected chi connectivity index (χ0v) is 20.3. The van der Waals surface area contributed by atoms with Crippen LogP contribution in [0.3, 0.4) is 0 Å². The molecule has 0 radical (unpaired) electrons. The van der Waals surface area contributed by atoms with Gasteiger partial charge in [0.1, 0.15) is 5.75 Å². The van der Waals surface area contributed by atoms with Crippen LogP contribution in [0.4, 0.5) is 0 Å². The second-order valence-corrected chi connectivity index (χ2v) is 8.44. The molecule has 1 amide bonds. The summed E-state index contributed by atoms with van der Waals surface area (Å²) in [6.45, 7) is 4.64. The van der Waals surface area contributed by atoms with Gasteiger partial charge in [-0.2, -0.15) is 5.10 Å². The Morgan fingerprint density at radius 2 is 1.58 bits per heavy atom. The standard InChI is InChI=1S/C31H27N3O2/c1-3-36-30-20-16-25(27-11-7-8-12-28(27)30)21-32-33-31(35)24-14-17-26(18-15-24)34-22(2)13-19-29(34)23-9-5-4-6-10-23/h4-21H,3H2,1-2H3,(H,33,35)/b32-21+. The summed E-state index contributed by atoms with van der Waals surface area (Å²) in [7, 11) is 0. The monoisotopic (exact) mass is 473 g/mol. The number of hydrazone groups is 1. The summed E-state index contributed by atoms with van der Waals surface area (Å²) >= 11 is 0. The van der Waals surface area contributed by atoms with E-state index in [-0.39, 0.29) is 5.91 Å². The minimum atomic E-state index is -0.263. The molecular formula is C31H27N3O2. The predicted molar refractivity (Wildman–Crippen MR) is 146 cm³/mol. The van der Waals surface area contributed by atoms with E-state index in [9.17, 15) is 4.79 Å². The fraction of sp³-hybridized carbons (Fsp3) is 0.0968. The number of aromatic nitrogens is 1. The van der Waals surface area contributed by atoms with Crippen LogP contribution in [0.25, 0.3) is 27.7 Å². The SMILES string of the molecule is CCOc1ccc(/C=N/NC(=O)c2ccc(-n3c(C)ccc3-c3ccccc3)cc2)c2ccccc12. The van der Waals surface area contributed by atoms with E-state index in [1.807, 2.05) is 85.8 Å². The van der Waals surface area contributed by atoms with Crippen LogP contribution in [0.2, 0.25) is 0 Å². The molecule has 0 saturated carbocycles. The highest BCUT2D eigenvalue weighted by Crippen LogP contribution is 2.28. The number of fused-ring (bicyclic) bond motifs is 1. The number of ether oxygens (including phenoxy) is 1. The first-order chi connectivity index (χ1) is 17.7. The number of hydrogen-bond donors (Lipinski definition) is 1. The Labute approximate surface area is 210 Å². The van der Waals surface area contributed by atoms with E-state index in [0.29, 0.717) is 12.2 Å². The summed E-state index contributed by atoms with van der Waals surface area (Å²) in [5, 5.41) is 6.24. The van der Waals surface area contributed by atoms with Crippen LogP contribution in [0, 0.1) is 6.92 Å². The average molecular weight is 474 g/mol. The first-order valence-corrected chi connectivity index (χ1v) is 12.0. The molecule has 5 aromatic rings. The molecule has 0 bridgehead atoms. The number of nitrogens with zero attached hydrogens (tertiary/aromatic N) is 2. The van der Waals surface area contributed by atoms with Crippen LogP contribution in [0.1, 0.15) is 28.5 Å². The fourth-order valence-corrected chi connectivity index (χ4v) is 4.39. The van der Waals surface area contributed by atoms with Gasteiger partial charge < -0.3 is 9.30 Å². The number of amides is 1. The van der Waals surface area contributed by atoms with Gasteiger partial charge in [-0.3, -0.25) is 4.79 Å². The topological polar surface area (TPSA) is 55.6 Å². The smallest absolute Gasteiger partial charge is 0.271 e. The molecule has 0 atom stereocenters. The van der Waals surface area contributed by atoms with Gasteiger partial charge in [0.2, 0.25) is 0 Å². The third kappa shape index (κ3) is 4.64. The maximum atomic E-state index is 12.7. The van der Waals surface area contributed by atoms with E-state index >= 15 is 0 Å². The van der Waals surface area contributed by atoms with Crippen LogP contribution >= 0.6 is 0 Å². The summed E-state index contributed by atoms with van der Waals surface area (Å²) < 4.78 is 7.92. The van der Waals surface area contributed by atoms with Gasteiger partial charge >= 0.3 is 0 Å². The Morgan fingerprint density at radius 1 is 0.861 bits per heavy atom. The number of carbonyl (C=O) groups is 1. The zero-order chi connectivity index (χ0) is 24.9. The molecule has 0 spiro atoms. The highest BCUT2D eigenvalue weighted by molar-refractivity contribution is 6.03. The quantitative estimate of drug-likeness (QED) is 0.209. The lowest BCUT2D eigenvalue weighted by Crippen LogP contribution is -2.17. The van der Waals surface area contributed by atoms with Gasteiger partial charge in [-0.15, -0.1) is 0 Å². The van der Waals surface area contributed by atoms with Crippen LogP contribution in [0.15, 0.2) is 108 Å². The van der Waals surface area contributed by atoms with E-state index in [4.69, 9.17) is 4.74 Å². The van der Waals surface area contributed by atoms with Crippen molar-refractivity contribution in [2.75, 3.05) is 6.61 Å². The van der Waals surface area contributed by atoms with Gasteiger partial charge in [0.15, 0.2) is 0 Å². The molecule has 1 N–H and O–H groups in total. The minimum absolute atomic E-state index is 0.263. The molecule has 36 heavy (non-hydrogen) atoms. The van der Waals surface area contributed by atoms with Crippen LogP contribution in [0.5, 0.6) is 5.75 Å². The normalized spacial score (nSPS) is 11.2. The lowest BCUT2D eigenvalue weighted by Gasteiger charge is -2.13. The van der Waals surface area contributed by atoms with Crippen molar-refractivity contribution in [2.24, 2.45) is 5.10 Å². The average Bonchev–Trinajstić information content (AvgIpc) is 3.31. The first kappa shape index (κ1) is 23.1. The van der Waals surface area contributed by atoms with E-state index in [1.165, 1.54) is 0 Å². The molecular weight excluding hydrogens is 446 g/mol. The molecule has 5 nitrogen and oxygen atoms in total. The third-order valence-corrected chi connectivity index (χ3v) is 6.12. The van der Waals surface area contributed by atoms with Crippen molar-refractivity contribution in [3.8, 4) is 22.7 Å². The van der Waals surface area contributed by atoms with Gasteiger partial charge in [0.25, 0.3) is 5.91 Å². The van der Waals surface area contributed by atoms with Crippen LogP contribution in [-0.2, 0) is 0 Å². The summed E-state index contributed by atoms with van der Waals surface area (Å²) in [5.41, 5.74) is 8.46. The van der Waals surface area contributed by atoms with Gasteiger partial charge in [-0.25, -0.2) is 5.43 Å². The molecule has 4 aromatic carbocycles. The van der Waals surface area contributed by atoms with Crippen molar-refractivity contribution in [1.29, 1.82) is 0 Å². The van der Waals surface area contributed by atoms with Crippen molar-refractivity contribution >= 4 is 22.9 Å². The van der Waals surface area contributed by atoms with Gasteiger partial charge in [-0.05, 0) is 73.3 Å². The van der Waals surface area contributed by atoms with Crippen molar-refractivity contribution in [3.63, 3.8) is 0 Å². The molecule has 1 heterocycles. The first-order valence-electron chi connectivity index (χ1n) is 12.0. The summed E-state index contributed by atoms with van der Waals surface area (Å²) in [5.74, 6) is 0.572. The summed E-state index contributed by atoms with van der Waals surface area (Å²) in [6.07, 6.45) is 1.67. The lowest BCUT2D eigenvalue weighted by atomic mass is 10.0. The maximum absolute atomic E-state index is 12.7. The Hall–Kier alpha value is -4.64. The van der Waals surface area contributed by atoms with Crippen LogP contribution in [-0.4, -0.2) is 23.3 Å². The van der Waals surface area contributed by atoms with E-state index < -0.39 is 0 Å². The number of carbonyl (C=O) groups excluding carboxylic acids is 1. The fourth-order valence-electron chi connectivity index (χ4n) is 4.39. The minimum Gasteiger partial charge on any atom is -0.493 e. The second-order valence-electron chi connectivity index (χ2n) is 8.44. The number of rotatable bonds is 7. The number of hydrogen-bond acceptors (Lipinski definition) is 3. The van der Waals surface area contributed by atoms with Gasteiger partial charge in [0, 0.05) is 27.9 Å². The van der Waals surface area contributed by atoms with Crippen molar-refractivity contribution in [1.82, 2.24) is 9.99 Å². The van der Waals surface area contributed by atoms with Crippen molar-refractivity contribution < 1.29 is 9.53 Å². The Balaban J connectivity index is 1.33. The molecule has 0 aliphatic carbocycles. The Kier molecular flexibility index (Phi) is 6.63. The van der Waals surface area contributed by atoms with Gasteiger partial charge in [-0.1, -0.05) is 54.6 Å². The zero-order valence-electron chi connectivity index (χ0n) is 20.3. The molecule has 0 saturated heterocycles. The number of benzene rings is 4. The number of aryl methyl sites for hydroxylation is 1. The van der Waals surface area contributed by atoms with Crippen LogP contribution < -0.4 is 10.2 Å². The van der Waals surface area contributed by atoms with E-state index in [1.54, 1.807) is 6.21 Å². The third-order valence-electron chi connectivity index (χ3n) is 6.12. The Morgan fingerprint density at radius 3 is 2.33 bits per heavy atom. The summed E-state index contributed by atoms with van der Waals surface area (Å²) in [4.78, 5) is 12.7. The largest absolute Gasteiger partial charge is 0.493 e. The molecule has 5 heteroatoms. The van der Waals surface area contributed by atoms with E-state index in [2.05, 4.69) is 46.3 Å². The molecule has 0 aliphatic heterocycles. The van der Waals surface area contributed by atoms with Gasteiger partial charge in [0.05, 0.1) is 18.5 Å². The molecule has 5 rings (SSSR count). The number of nitrogens with one attached hydrogen (secondary N) is 1. The molecule has 178 valence electrons. The maximum Gasteiger partial charge on any atom is 0.271 e. The van der Waals surface area contributed by atoms with Crippen molar-refractivity contribution in [2.45, 2.75) is 13.8 Å².